The van der Waals surface area contributed by atoms with Crippen LogP contribution in [0.2, 0.25) is 0 Å². The maximum absolute atomic E-state index is 14.0. The minimum atomic E-state index is -1.21. The molecule has 1 saturated heterocycles. The lowest BCUT2D eigenvalue weighted by Gasteiger charge is -2.49. The number of benzene rings is 3. The fourth-order valence-corrected chi connectivity index (χ4v) is 10.3. The van der Waals surface area contributed by atoms with Gasteiger partial charge in [0.05, 0.1) is 11.9 Å². The van der Waals surface area contributed by atoms with E-state index < -0.39 is 34.7 Å². The van der Waals surface area contributed by atoms with Crippen LogP contribution < -0.4 is 39.2 Å². The van der Waals surface area contributed by atoms with Gasteiger partial charge in [0.1, 0.15) is 46.8 Å². The maximum atomic E-state index is 14.0. The van der Waals surface area contributed by atoms with Crippen LogP contribution in [0, 0.1) is 6.92 Å². The molecule has 0 bridgehead atoms. The van der Waals surface area contributed by atoms with E-state index in [1.807, 2.05) is 91.7 Å². The standard InChI is InChI=1S/C42H37N7O5S3.HI/c1-4-54-46-34(31-24-56-41(43-31)45-42(28-14-8-5-9-15-28,29-16-10-6-11-17-29)30-18-12-7-13-19-30)37(50)44-35-38(51)49-36(40(52)53)27(23-55-39(35)49)20-21-32-26(2)48-25-47(3)22-33(48)57-32;/h5-22,24-25,35,39H,4,23H2,1-3H3,(H2-,43,44,45,50,52,53);1H/t35-,39-;/m1./s1. The number of carbonyl (C=O) groups excluding carboxylic acids is 2. The molecule has 2 aliphatic heterocycles. The molecular formula is C42H38IN7O5S3. The Hall–Kier alpha value is -5.30. The molecule has 1 fully saturated rings. The molecule has 2 atom stereocenters. The minimum Gasteiger partial charge on any atom is -1.00 e. The quantitative estimate of drug-likeness (QED) is 0.0401. The number of nitrogens with one attached hydrogen (secondary N) is 2. The molecule has 296 valence electrons. The number of halogens is 1. The number of carboxylic acids is 1. The van der Waals surface area contributed by atoms with Gasteiger partial charge in [-0.2, -0.15) is 4.40 Å². The molecule has 0 saturated carbocycles. The summed E-state index contributed by atoms with van der Waals surface area (Å²) in [7, 11) is 1.96. The van der Waals surface area contributed by atoms with E-state index in [4.69, 9.17) is 9.82 Å². The molecule has 3 aromatic carbocycles. The van der Waals surface area contributed by atoms with Gasteiger partial charge in [-0.3, -0.25) is 14.5 Å². The number of amides is 2. The Morgan fingerprint density at radius 1 is 1.02 bits per heavy atom. The fraction of sp³-hybridized carbons (Fsp3) is 0.190. The van der Waals surface area contributed by atoms with Crippen molar-refractivity contribution in [3.05, 3.63) is 159 Å². The van der Waals surface area contributed by atoms with Gasteiger partial charge in [0.15, 0.2) is 10.8 Å². The molecule has 3 N–H and O–H groups in total. The number of aromatic nitrogens is 3. The lowest BCUT2D eigenvalue weighted by atomic mass is 9.77. The number of thioether (sulfide) groups is 1. The van der Waals surface area contributed by atoms with Gasteiger partial charge in [0.25, 0.3) is 11.8 Å². The highest BCUT2D eigenvalue weighted by atomic mass is 127. The third-order valence-corrected chi connectivity index (χ3v) is 13.1. The highest BCUT2D eigenvalue weighted by Gasteiger charge is 2.54. The van der Waals surface area contributed by atoms with Crippen LogP contribution in [0.25, 0.3) is 10.9 Å². The zero-order valence-corrected chi connectivity index (χ0v) is 36.1. The molecule has 0 unspecified atom stereocenters. The highest BCUT2D eigenvalue weighted by Crippen LogP contribution is 2.42. The smallest absolute Gasteiger partial charge is 0.352 e. The third kappa shape index (κ3) is 7.56. The number of aryl methyl sites for hydroxylation is 2. The number of carboxylic acid groups (broad SMARTS) is 1. The summed E-state index contributed by atoms with van der Waals surface area (Å²) in [6, 6.07) is 29.3. The molecule has 12 nitrogen and oxygen atoms in total. The second-order valence-corrected chi connectivity index (χ2v) is 16.4. The molecule has 8 rings (SSSR count). The monoisotopic (exact) mass is 943 g/mol. The van der Waals surface area contributed by atoms with Crippen molar-refractivity contribution >= 4 is 74.0 Å². The Bertz CT molecular complexity index is 2470. The van der Waals surface area contributed by atoms with E-state index in [0.717, 1.165) is 32.1 Å². The zero-order chi connectivity index (χ0) is 39.7. The van der Waals surface area contributed by atoms with Gasteiger partial charge >= 0.3 is 5.97 Å². The van der Waals surface area contributed by atoms with Crippen molar-refractivity contribution in [3.63, 3.8) is 0 Å². The number of oxime groups is 1. The van der Waals surface area contributed by atoms with E-state index in [-0.39, 0.29) is 47.7 Å². The normalized spacial score (nSPS) is 16.8. The molecule has 5 heterocycles. The number of β-lactam (4-membered cyclic amide) rings is 1. The largest absolute Gasteiger partial charge is 1.00 e. The molecule has 6 aromatic rings. The molecule has 0 spiro atoms. The maximum Gasteiger partial charge on any atom is 0.352 e. The van der Waals surface area contributed by atoms with E-state index in [2.05, 4.69) is 56.6 Å². The summed E-state index contributed by atoms with van der Waals surface area (Å²) in [5, 5.41) is 22.6. The summed E-state index contributed by atoms with van der Waals surface area (Å²) in [6.07, 6.45) is 7.67. The number of hydrogen-bond donors (Lipinski definition) is 3. The molecule has 16 heteroatoms. The van der Waals surface area contributed by atoms with E-state index >= 15 is 0 Å². The number of thiazole rings is 2. The molecule has 2 amide bonds. The van der Waals surface area contributed by atoms with Gasteiger partial charge in [0.2, 0.25) is 11.2 Å². The van der Waals surface area contributed by atoms with Crippen LogP contribution in [0.4, 0.5) is 5.13 Å². The number of anilines is 1. The van der Waals surface area contributed by atoms with Crippen molar-refractivity contribution in [1.29, 1.82) is 0 Å². The predicted molar refractivity (Wildman–Crippen MR) is 223 cm³/mol. The van der Waals surface area contributed by atoms with Gasteiger partial charge < -0.3 is 44.6 Å². The summed E-state index contributed by atoms with van der Waals surface area (Å²) in [5.41, 5.74) is 3.72. The molecule has 3 aromatic heterocycles. The highest BCUT2D eigenvalue weighted by molar-refractivity contribution is 8.00. The summed E-state index contributed by atoms with van der Waals surface area (Å²) < 4.78 is 4.06. The number of nitrogens with zero attached hydrogens (tertiary/aromatic N) is 5. The van der Waals surface area contributed by atoms with Crippen LogP contribution in [0.1, 0.15) is 39.9 Å². The number of rotatable bonds is 13. The third-order valence-electron chi connectivity index (χ3n) is 9.87. The predicted octanol–water partition coefficient (Wildman–Crippen LogP) is 3.19. The van der Waals surface area contributed by atoms with Crippen LogP contribution in [0.3, 0.4) is 0 Å². The number of imidazole rings is 1. The van der Waals surface area contributed by atoms with Gasteiger partial charge in [-0.1, -0.05) is 114 Å². The van der Waals surface area contributed by atoms with Crippen molar-refractivity contribution in [3.8, 4) is 0 Å². The number of fused-ring (bicyclic) bond motifs is 2. The van der Waals surface area contributed by atoms with Gasteiger partial charge in [-0.25, -0.2) is 14.3 Å². The molecule has 58 heavy (non-hydrogen) atoms. The Balaban J connectivity index is 0.00000512. The summed E-state index contributed by atoms with van der Waals surface area (Å²) in [6.45, 7) is 3.95. The van der Waals surface area contributed by atoms with Crippen LogP contribution >= 0.6 is 34.4 Å². The first-order chi connectivity index (χ1) is 27.7. The first-order valence-corrected chi connectivity index (χ1v) is 20.9. The van der Waals surface area contributed by atoms with Gasteiger partial charge in [0, 0.05) is 11.1 Å². The fourth-order valence-electron chi connectivity index (χ4n) is 7.17. The number of carbonyl (C=O) groups is 3. The Kier molecular flexibility index (Phi) is 12.2. The van der Waals surface area contributed by atoms with Crippen molar-refractivity contribution in [2.75, 3.05) is 17.7 Å². The zero-order valence-electron chi connectivity index (χ0n) is 31.5. The second-order valence-electron chi connectivity index (χ2n) is 13.4. The summed E-state index contributed by atoms with van der Waals surface area (Å²) >= 11 is 4.29. The Morgan fingerprint density at radius 2 is 1.64 bits per heavy atom. The first kappa shape index (κ1) is 40.9. The lowest BCUT2D eigenvalue weighted by molar-refractivity contribution is -0.670. The van der Waals surface area contributed by atoms with Crippen molar-refractivity contribution in [2.45, 2.75) is 30.8 Å². The molecule has 0 aliphatic carbocycles. The van der Waals surface area contributed by atoms with Gasteiger partial charge in [-0.05, 0) is 42.2 Å². The van der Waals surface area contributed by atoms with Gasteiger partial charge in [-0.15, -0.1) is 23.1 Å². The molecule has 2 aliphatic rings. The number of aliphatic carboxylic acids is 1. The van der Waals surface area contributed by atoms with E-state index in [9.17, 15) is 19.5 Å². The summed E-state index contributed by atoms with van der Waals surface area (Å²) in [5.74, 6) is -2.05. The molecule has 0 radical (unpaired) electrons. The number of allylic oxidation sites excluding steroid dienone is 1. The SMILES string of the molecule is CCON=C(C(=O)N[C@@H]1C(=O)N2C(C(=O)O)=C(C=Cc3sc4c[n+](C)cn4c3C)CS[C@H]12)c1csc(NC(c2ccccc2)(c2ccccc2)c2ccccc2)n1.[I-]. The topological polar surface area (TPSA) is 142 Å². The van der Waals surface area contributed by atoms with Crippen LogP contribution in [0.5, 0.6) is 0 Å². The lowest BCUT2D eigenvalue weighted by Crippen LogP contribution is -3.00. The van der Waals surface area contributed by atoms with Crippen LogP contribution in [-0.4, -0.2) is 66.7 Å². The van der Waals surface area contributed by atoms with Crippen LogP contribution in [0.15, 0.2) is 131 Å². The second kappa shape index (κ2) is 17.3. The van der Waals surface area contributed by atoms with E-state index in [0.29, 0.717) is 16.5 Å². The van der Waals surface area contributed by atoms with Crippen LogP contribution in [-0.2, 0) is 31.8 Å². The van der Waals surface area contributed by atoms with E-state index in [1.54, 1.807) is 29.7 Å². The Labute approximate surface area is 364 Å². The van der Waals surface area contributed by atoms with Crippen molar-refractivity contribution in [2.24, 2.45) is 12.2 Å². The first-order valence-electron chi connectivity index (χ1n) is 18.2. The molecular weight excluding hydrogens is 906 g/mol. The van der Waals surface area contributed by atoms with Crippen molar-refractivity contribution < 1.29 is 52.9 Å². The van der Waals surface area contributed by atoms with Crippen molar-refractivity contribution in [1.82, 2.24) is 19.6 Å². The van der Waals surface area contributed by atoms with E-state index in [1.165, 1.54) is 28.0 Å². The minimum absolute atomic E-state index is 0. The average molecular weight is 944 g/mol. The summed E-state index contributed by atoms with van der Waals surface area (Å²) in [4.78, 5) is 53.8. The Morgan fingerprint density at radius 3 is 2.21 bits per heavy atom. The number of hydrogen-bond acceptors (Lipinski definition) is 10. The average Bonchev–Trinajstić information content (AvgIpc) is 3.93.